The molecule has 0 saturated carbocycles. The summed E-state index contributed by atoms with van der Waals surface area (Å²) in [6.07, 6.45) is 5.96. The van der Waals surface area contributed by atoms with Crippen molar-refractivity contribution in [1.82, 2.24) is 14.5 Å². The van der Waals surface area contributed by atoms with E-state index in [-0.39, 0.29) is 12.0 Å². The van der Waals surface area contributed by atoms with Crippen molar-refractivity contribution in [1.29, 1.82) is 0 Å². The largest absolute Gasteiger partial charge is 0.356 e. The Kier molecular flexibility index (Phi) is 4.00. The van der Waals surface area contributed by atoms with Crippen LogP contribution in [0.1, 0.15) is 31.5 Å². The molecule has 1 saturated heterocycles. The molecule has 0 radical (unpaired) electrons. The van der Waals surface area contributed by atoms with E-state index in [1.165, 1.54) is 5.69 Å². The second-order valence-corrected chi connectivity index (χ2v) is 6.81. The maximum Gasteiger partial charge on any atom is 0.228 e. The zero-order valence-electron chi connectivity index (χ0n) is 14.1. The smallest absolute Gasteiger partial charge is 0.228 e. The average molecular weight is 324 g/mol. The predicted molar refractivity (Wildman–Crippen MR) is 93.7 cm³/mol. The summed E-state index contributed by atoms with van der Waals surface area (Å²) in [7, 11) is 0. The Labute approximate surface area is 142 Å². The number of pyridine rings is 1. The number of carbonyl (C=O) groups is 1. The standard InChI is InChI=1S/C19H24N4O/c1-15-17-7-5-10-21(17)12-13-23(15)19(24)16-6-4-11-22(14-16)18-8-2-3-9-20-18/h2-3,5,7-10,15-16H,4,6,11-14H2,1H3/t15-,16-/m1/s1. The Balaban J connectivity index is 1.48. The van der Waals surface area contributed by atoms with Gasteiger partial charge in [-0.1, -0.05) is 6.07 Å². The number of amides is 1. The summed E-state index contributed by atoms with van der Waals surface area (Å²) in [4.78, 5) is 21.9. The third kappa shape index (κ3) is 2.68. The summed E-state index contributed by atoms with van der Waals surface area (Å²) in [5.74, 6) is 1.36. The van der Waals surface area contributed by atoms with Crippen molar-refractivity contribution in [3.8, 4) is 0 Å². The van der Waals surface area contributed by atoms with E-state index in [0.717, 1.165) is 44.8 Å². The van der Waals surface area contributed by atoms with Gasteiger partial charge in [0.05, 0.1) is 12.0 Å². The highest BCUT2D eigenvalue weighted by Crippen LogP contribution is 2.29. The summed E-state index contributed by atoms with van der Waals surface area (Å²) in [6, 6.07) is 10.3. The van der Waals surface area contributed by atoms with Gasteiger partial charge < -0.3 is 14.4 Å². The summed E-state index contributed by atoms with van der Waals surface area (Å²) < 4.78 is 2.26. The van der Waals surface area contributed by atoms with Gasteiger partial charge in [0.25, 0.3) is 0 Å². The first kappa shape index (κ1) is 15.2. The van der Waals surface area contributed by atoms with Crippen LogP contribution in [0.3, 0.4) is 0 Å². The number of hydrogen-bond donors (Lipinski definition) is 0. The van der Waals surface area contributed by atoms with Crippen LogP contribution in [-0.4, -0.2) is 40.0 Å². The second kappa shape index (κ2) is 6.30. The van der Waals surface area contributed by atoms with Gasteiger partial charge in [0, 0.05) is 44.3 Å². The molecular formula is C19H24N4O. The van der Waals surface area contributed by atoms with Gasteiger partial charge in [-0.25, -0.2) is 4.98 Å². The van der Waals surface area contributed by atoms with Crippen molar-refractivity contribution < 1.29 is 4.79 Å². The lowest BCUT2D eigenvalue weighted by Gasteiger charge is -2.40. The van der Waals surface area contributed by atoms with Crippen LogP contribution in [-0.2, 0) is 11.3 Å². The molecule has 2 aromatic heterocycles. The summed E-state index contributed by atoms with van der Waals surface area (Å²) in [5.41, 5.74) is 1.24. The van der Waals surface area contributed by atoms with Crippen molar-refractivity contribution >= 4 is 11.7 Å². The third-order valence-electron chi connectivity index (χ3n) is 5.37. The molecule has 4 heterocycles. The van der Waals surface area contributed by atoms with Gasteiger partial charge in [-0.3, -0.25) is 4.79 Å². The lowest BCUT2D eigenvalue weighted by atomic mass is 9.95. The Morgan fingerprint density at radius 1 is 1.17 bits per heavy atom. The number of piperidine rings is 1. The molecule has 0 N–H and O–H groups in total. The highest BCUT2D eigenvalue weighted by molar-refractivity contribution is 5.80. The number of carbonyl (C=O) groups excluding carboxylic acids is 1. The molecule has 2 aliphatic heterocycles. The van der Waals surface area contributed by atoms with Crippen LogP contribution < -0.4 is 4.90 Å². The Bertz CT molecular complexity index is 711. The third-order valence-corrected chi connectivity index (χ3v) is 5.37. The van der Waals surface area contributed by atoms with Gasteiger partial charge >= 0.3 is 0 Å². The van der Waals surface area contributed by atoms with Crippen LogP contribution >= 0.6 is 0 Å². The van der Waals surface area contributed by atoms with Crippen LogP contribution in [0, 0.1) is 5.92 Å². The SMILES string of the molecule is C[C@@H]1c2cccn2CCN1C(=O)[C@@H]1CCCN(c2ccccn2)C1. The molecule has 4 rings (SSSR count). The molecule has 0 spiro atoms. The zero-order valence-corrected chi connectivity index (χ0v) is 14.1. The first-order chi connectivity index (χ1) is 11.7. The van der Waals surface area contributed by atoms with Gasteiger partial charge in [-0.15, -0.1) is 0 Å². The fraction of sp³-hybridized carbons (Fsp3) is 0.474. The van der Waals surface area contributed by atoms with E-state index >= 15 is 0 Å². The van der Waals surface area contributed by atoms with E-state index in [2.05, 4.69) is 44.6 Å². The van der Waals surface area contributed by atoms with Crippen molar-refractivity contribution in [2.75, 3.05) is 24.5 Å². The van der Waals surface area contributed by atoms with Gasteiger partial charge in [-0.2, -0.15) is 0 Å². The number of nitrogens with zero attached hydrogens (tertiary/aromatic N) is 4. The van der Waals surface area contributed by atoms with Gasteiger partial charge in [-0.05, 0) is 44.0 Å². The van der Waals surface area contributed by atoms with Gasteiger partial charge in [0.1, 0.15) is 5.82 Å². The number of rotatable bonds is 2. The van der Waals surface area contributed by atoms with Crippen molar-refractivity contribution in [3.63, 3.8) is 0 Å². The van der Waals surface area contributed by atoms with Crippen molar-refractivity contribution in [2.45, 2.75) is 32.4 Å². The minimum atomic E-state index is 0.0738. The minimum Gasteiger partial charge on any atom is -0.356 e. The molecule has 5 nitrogen and oxygen atoms in total. The van der Waals surface area contributed by atoms with Gasteiger partial charge in [0.2, 0.25) is 5.91 Å². The molecule has 2 aliphatic rings. The topological polar surface area (TPSA) is 41.4 Å². The number of aromatic nitrogens is 2. The second-order valence-electron chi connectivity index (χ2n) is 6.81. The molecule has 0 bridgehead atoms. The van der Waals surface area contributed by atoms with Gasteiger partial charge in [0.15, 0.2) is 0 Å². The maximum absolute atomic E-state index is 13.1. The quantitative estimate of drug-likeness (QED) is 0.853. The molecule has 0 aromatic carbocycles. The molecule has 1 fully saturated rings. The van der Waals surface area contributed by atoms with Crippen LogP contribution in [0.2, 0.25) is 0 Å². The molecule has 2 aromatic rings. The lowest BCUT2D eigenvalue weighted by molar-refractivity contribution is -0.139. The highest BCUT2D eigenvalue weighted by Gasteiger charge is 2.34. The van der Waals surface area contributed by atoms with E-state index in [4.69, 9.17) is 0 Å². The summed E-state index contributed by atoms with van der Waals surface area (Å²) in [5, 5.41) is 0. The maximum atomic E-state index is 13.1. The molecule has 0 aliphatic carbocycles. The van der Waals surface area contributed by atoms with Crippen molar-refractivity contribution in [2.24, 2.45) is 5.92 Å². The molecule has 2 atom stereocenters. The molecule has 1 amide bonds. The number of fused-ring (bicyclic) bond motifs is 1. The molecule has 0 unspecified atom stereocenters. The molecule has 126 valence electrons. The Hall–Kier alpha value is -2.30. The number of hydrogen-bond acceptors (Lipinski definition) is 3. The minimum absolute atomic E-state index is 0.0738. The summed E-state index contributed by atoms with van der Waals surface area (Å²) >= 11 is 0. The Morgan fingerprint density at radius 2 is 2.08 bits per heavy atom. The fourth-order valence-electron chi connectivity index (χ4n) is 4.04. The molecular weight excluding hydrogens is 300 g/mol. The van der Waals surface area contributed by atoms with E-state index < -0.39 is 0 Å². The number of anilines is 1. The van der Waals surface area contributed by atoms with Crippen LogP contribution in [0.15, 0.2) is 42.7 Å². The van der Waals surface area contributed by atoms with Crippen molar-refractivity contribution in [3.05, 3.63) is 48.4 Å². The average Bonchev–Trinajstić information content (AvgIpc) is 3.12. The first-order valence-electron chi connectivity index (χ1n) is 8.85. The van der Waals surface area contributed by atoms with Crippen LogP contribution in [0.5, 0.6) is 0 Å². The normalized spacial score (nSPS) is 23.9. The van der Waals surface area contributed by atoms with E-state index in [0.29, 0.717) is 5.91 Å². The van der Waals surface area contributed by atoms with E-state index in [1.807, 2.05) is 24.4 Å². The van der Waals surface area contributed by atoms with E-state index in [1.54, 1.807) is 0 Å². The monoisotopic (exact) mass is 324 g/mol. The van der Waals surface area contributed by atoms with Crippen LogP contribution in [0.4, 0.5) is 5.82 Å². The molecule has 5 heteroatoms. The first-order valence-corrected chi connectivity index (χ1v) is 8.85. The highest BCUT2D eigenvalue weighted by atomic mass is 16.2. The van der Waals surface area contributed by atoms with Crippen LogP contribution in [0.25, 0.3) is 0 Å². The Morgan fingerprint density at radius 3 is 2.92 bits per heavy atom. The summed E-state index contributed by atoms with van der Waals surface area (Å²) in [6.45, 7) is 5.61. The fourth-order valence-corrected chi connectivity index (χ4v) is 4.04. The zero-order chi connectivity index (χ0) is 16.5. The van der Waals surface area contributed by atoms with E-state index in [9.17, 15) is 4.79 Å². The predicted octanol–water partition coefficient (Wildman–Crippen LogP) is 2.70. The lowest BCUT2D eigenvalue weighted by Crippen LogP contribution is -2.48. The molecule has 24 heavy (non-hydrogen) atoms.